The van der Waals surface area contributed by atoms with E-state index in [0.717, 1.165) is 0 Å². The van der Waals surface area contributed by atoms with E-state index in [-0.39, 0.29) is 17.3 Å². The van der Waals surface area contributed by atoms with Crippen LogP contribution in [-0.4, -0.2) is 15.9 Å². The average molecular weight is 316 g/mol. The molecule has 0 spiro atoms. The van der Waals surface area contributed by atoms with Gasteiger partial charge < -0.3 is 11.1 Å². The number of benzene rings is 1. The number of carbonyl (C=O) groups is 1. The highest BCUT2D eigenvalue weighted by Crippen LogP contribution is 2.37. The molecule has 2 aromatic rings. The Hall–Kier alpha value is -2.85. The summed E-state index contributed by atoms with van der Waals surface area (Å²) in [4.78, 5) is 30.7. The van der Waals surface area contributed by atoms with Crippen LogP contribution in [0, 0.1) is 17.2 Å². The van der Waals surface area contributed by atoms with E-state index in [2.05, 4.69) is 15.3 Å². The highest BCUT2D eigenvalue weighted by atomic mass is 35.5. The zero-order valence-electron chi connectivity index (χ0n) is 11.1. The standard InChI is InChI=1S/C14H10ClN5O2/c15-7-3-1-6(2-4-7)9-8(5-16)12(21)18-11-10(9)13(22)20-14(17)19-11/h1-4,8-9H,(H4,17,18,19,20,21,22)/t8-,9-/m1/s1. The second-order valence-electron chi connectivity index (χ2n) is 4.84. The fourth-order valence-corrected chi connectivity index (χ4v) is 2.68. The lowest BCUT2D eigenvalue weighted by molar-refractivity contribution is -0.119. The Morgan fingerprint density at radius 1 is 1.27 bits per heavy atom. The van der Waals surface area contributed by atoms with Gasteiger partial charge >= 0.3 is 0 Å². The van der Waals surface area contributed by atoms with E-state index in [0.29, 0.717) is 10.6 Å². The minimum absolute atomic E-state index is 0.0812. The van der Waals surface area contributed by atoms with Crippen molar-refractivity contribution in [3.63, 3.8) is 0 Å². The van der Waals surface area contributed by atoms with Gasteiger partial charge in [-0.3, -0.25) is 14.6 Å². The number of carbonyl (C=O) groups excluding carboxylic acids is 1. The van der Waals surface area contributed by atoms with E-state index in [9.17, 15) is 14.9 Å². The molecular formula is C14H10ClN5O2. The van der Waals surface area contributed by atoms with Gasteiger partial charge in [-0.2, -0.15) is 10.2 Å². The Bertz CT molecular complexity index is 853. The molecule has 0 radical (unpaired) electrons. The number of amides is 1. The molecule has 0 bridgehead atoms. The normalized spacial score (nSPS) is 19.9. The van der Waals surface area contributed by atoms with Crippen molar-refractivity contribution >= 4 is 29.3 Å². The summed E-state index contributed by atoms with van der Waals surface area (Å²) in [6.45, 7) is 0. The summed E-state index contributed by atoms with van der Waals surface area (Å²) in [6, 6.07) is 8.57. The van der Waals surface area contributed by atoms with Crippen molar-refractivity contribution in [1.29, 1.82) is 5.26 Å². The molecule has 0 saturated carbocycles. The third-order valence-electron chi connectivity index (χ3n) is 3.51. The predicted molar refractivity (Wildman–Crippen MR) is 80.3 cm³/mol. The summed E-state index contributed by atoms with van der Waals surface area (Å²) >= 11 is 5.86. The third kappa shape index (κ3) is 2.19. The van der Waals surface area contributed by atoms with Crippen LogP contribution in [0.5, 0.6) is 0 Å². The number of halogens is 1. The minimum atomic E-state index is -1.04. The number of fused-ring (bicyclic) bond motifs is 1. The van der Waals surface area contributed by atoms with Crippen molar-refractivity contribution in [1.82, 2.24) is 9.97 Å². The Balaban J connectivity index is 2.26. The van der Waals surface area contributed by atoms with Crippen LogP contribution >= 0.6 is 11.6 Å². The van der Waals surface area contributed by atoms with E-state index in [1.54, 1.807) is 24.3 Å². The average Bonchev–Trinajstić information content (AvgIpc) is 2.46. The van der Waals surface area contributed by atoms with Crippen molar-refractivity contribution in [3.05, 3.63) is 50.8 Å². The van der Waals surface area contributed by atoms with E-state index in [1.807, 2.05) is 6.07 Å². The summed E-state index contributed by atoms with van der Waals surface area (Å²) < 4.78 is 0. The summed E-state index contributed by atoms with van der Waals surface area (Å²) in [7, 11) is 0. The van der Waals surface area contributed by atoms with Crippen molar-refractivity contribution < 1.29 is 4.79 Å². The van der Waals surface area contributed by atoms with Crippen molar-refractivity contribution in [2.24, 2.45) is 5.92 Å². The molecule has 0 fully saturated rings. The number of nitrogen functional groups attached to an aromatic ring is 1. The topological polar surface area (TPSA) is 125 Å². The first-order chi connectivity index (χ1) is 10.5. The first-order valence-electron chi connectivity index (χ1n) is 6.37. The lowest BCUT2D eigenvalue weighted by atomic mass is 9.79. The first kappa shape index (κ1) is 14.1. The van der Waals surface area contributed by atoms with Gasteiger partial charge in [0.25, 0.3) is 5.56 Å². The smallest absolute Gasteiger partial charge is 0.258 e. The van der Waals surface area contributed by atoms with Crippen LogP contribution in [0.4, 0.5) is 11.8 Å². The number of nitrogens with zero attached hydrogens (tertiary/aromatic N) is 2. The molecule has 8 heteroatoms. The number of aromatic amines is 1. The molecule has 1 aromatic carbocycles. The van der Waals surface area contributed by atoms with Crippen LogP contribution in [0.3, 0.4) is 0 Å². The SMILES string of the molecule is N#C[C@H]1C(=O)Nc2nc(N)[nH]c(=O)c2[C@@H]1c1ccc(Cl)cc1. The van der Waals surface area contributed by atoms with Crippen molar-refractivity contribution in [2.45, 2.75) is 5.92 Å². The zero-order chi connectivity index (χ0) is 15.9. The quantitative estimate of drug-likeness (QED) is 0.730. The largest absolute Gasteiger partial charge is 0.369 e. The minimum Gasteiger partial charge on any atom is -0.369 e. The number of hydrogen-bond acceptors (Lipinski definition) is 5. The number of nitrogens with one attached hydrogen (secondary N) is 2. The molecule has 1 aliphatic rings. The fourth-order valence-electron chi connectivity index (χ4n) is 2.56. The summed E-state index contributed by atoms with van der Waals surface area (Å²) in [5, 5.41) is 12.3. The van der Waals surface area contributed by atoms with Crippen LogP contribution in [0.15, 0.2) is 29.1 Å². The molecule has 2 atom stereocenters. The van der Waals surface area contributed by atoms with Gasteiger partial charge in [-0.25, -0.2) is 0 Å². The second kappa shape index (κ2) is 5.16. The van der Waals surface area contributed by atoms with Crippen molar-refractivity contribution in [3.8, 4) is 6.07 Å². The van der Waals surface area contributed by atoms with Crippen LogP contribution < -0.4 is 16.6 Å². The van der Waals surface area contributed by atoms with Crippen LogP contribution in [0.2, 0.25) is 5.02 Å². The fraction of sp³-hybridized carbons (Fsp3) is 0.143. The maximum absolute atomic E-state index is 12.2. The number of anilines is 2. The van der Waals surface area contributed by atoms with Crippen LogP contribution in [0.25, 0.3) is 0 Å². The summed E-state index contributed by atoms with van der Waals surface area (Å²) in [5.41, 5.74) is 5.85. The molecule has 1 aromatic heterocycles. The highest BCUT2D eigenvalue weighted by molar-refractivity contribution is 6.30. The zero-order valence-corrected chi connectivity index (χ0v) is 11.9. The number of rotatable bonds is 1. The molecule has 1 aliphatic heterocycles. The molecule has 2 heterocycles. The maximum Gasteiger partial charge on any atom is 0.258 e. The van der Waals surface area contributed by atoms with Gasteiger partial charge in [0.1, 0.15) is 11.7 Å². The maximum atomic E-state index is 12.2. The Morgan fingerprint density at radius 3 is 2.59 bits per heavy atom. The number of aromatic nitrogens is 2. The van der Waals surface area contributed by atoms with E-state index in [4.69, 9.17) is 17.3 Å². The van der Waals surface area contributed by atoms with Crippen LogP contribution in [-0.2, 0) is 4.79 Å². The monoisotopic (exact) mass is 315 g/mol. The number of hydrogen-bond donors (Lipinski definition) is 3. The van der Waals surface area contributed by atoms with Gasteiger partial charge in [0.05, 0.1) is 11.6 Å². The van der Waals surface area contributed by atoms with E-state index >= 15 is 0 Å². The molecule has 7 nitrogen and oxygen atoms in total. The molecular weight excluding hydrogens is 306 g/mol. The molecule has 0 unspecified atom stereocenters. The van der Waals surface area contributed by atoms with Gasteiger partial charge in [-0.15, -0.1) is 0 Å². The van der Waals surface area contributed by atoms with Gasteiger partial charge in [-0.05, 0) is 17.7 Å². The molecule has 3 rings (SSSR count). The predicted octanol–water partition coefficient (Wildman–Crippen LogP) is 1.23. The summed E-state index contributed by atoms with van der Waals surface area (Å²) in [6.07, 6.45) is 0. The van der Waals surface area contributed by atoms with Gasteiger partial charge in [0.2, 0.25) is 11.9 Å². The molecule has 1 amide bonds. The Labute approximate surface area is 129 Å². The van der Waals surface area contributed by atoms with Gasteiger partial charge in [-0.1, -0.05) is 23.7 Å². The van der Waals surface area contributed by atoms with Crippen molar-refractivity contribution in [2.75, 3.05) is 11.1 Å². The third-order valence-corrected chi connectivity index (χ3v) is 3.76. The number of nitrogens with two attached hydrogens (primary N) is 1. The second-order valence-corrected chi connectivity index (χ2v) is 5.28. The van der Waals surface area contributed by atoms with Gasteiger partial charge in [0, 0.05) is 10.9 Å². The number of H-pyrrole nitrogens is 1. The highest BCUT2D eigenvalue weighted by Gasteiger charge is 2.40. The van der Waals surface area contributed by atoms with Gasteiger partial charge in [0.15, 0.2) is 0 Å². The van der Waals surface area contributed by atoms with E-state index in [1.165, 1.54) is 0 Å². The Kier molecular flexibility index (Phi) is 3.31. The molecule has 110 valence electrons. The Morgan fingerprint density at radius 2 is 1.95 bits per heavy atom. The van der Waals surface area contributed by atoms with E-state index < -0.39 is 23.3 Å². The first-order valence-corrected chi connectivity index (χ1v) is 6.74. The molecule has 0 aliphatic carbocycles. The molecule has 22 heavy (non-hydrogen) atoms. The lowest BCUT2D eigenvalue weighted by Gasteiger charge is -2.28. The molecule has 0 saturated heterocycles. The number of nitriles is 1. The lowest BCUT2D eigenvalue weighted by Crippen LogP contribution is -2.38. The summed E-state index contributed by atoms with van der Waals surface area (Å²) in [5.74, 6) is -2.32. The van der Waals surface area contributed by atoms with Crippen LogP contribution in [0.1, 0.15) is 17.0 Å². The molecule has 4 N–H and O–H groups in total.